The molecular formula is C22H22N4O4S2. The van der Waals surface area contributed by atoms with Gasteiger partial charge in [-0.25, -0.2) is 8.42 Å². The number of aromatic nitrogens is 2. The number of sulfonamides is 1. The van der Waals surface area contributed by atoms with Gasteiger partial charge in [-0.1, -0.05) is 41.7 Å². The summed E-state index contributed by atoms with van der Waals surface area (Å²) < 4.78 is 27.7. The number of carbonyl (C=O) groups excluding carboxylic acids is 2. The van der Waals surface area contributed by atoms with E-state index in [9.17, 15) is 18.0 Å². The average molecular weight is 471 g/mol. The van der Waals surface area contributed by atoms with Crippen molar-refractivity contribution >= 4 is 38.7 Å². The largest absolute Gasteiger partial charge is 0.320 e. The van der Waals surface area contributed by atoms with Gasteiger partial charge < -0.3 is 5.32 Å². The van der Waals surface area contributed by atoms with Crippen LogP contribution in [0.5, 0.6) is 0 Å². The van der Waals surface area contributed by atoms with Crippen molar-refractivity contribution < 1.29 is 18.0 Å². The van der Waals surface area contributed by atoms with E-state index in [2.05, 4.69) is 15.5 Å². The first-order valence-electron chi connectivity index (χ1n) is 10.2. The number of nitrogens with one attached hydrogen (secondary N) is 1. The Morgan fingerprint density at radius 2 is 1.78 bits per heavy atom. The molecular weight excluding hydrogens is 448 g/mol. The predicted octanol–water partition coefficient (Wildman–Crippen LogP) is 3.56. The number of Topliss-reactive ketones (excluding diaryl/α,β-unsaturated/α-hetero) is 1. The smallest absolute Gasteiger partial charge is 0.286 e. The molecule has 1 aliphatic rings. The van der Waals surface area contributed by atoms with Gasteiger partial charge in [-0.05, 0) is 44.0 Å². The third-order valence-corrected chi connectivity index (χ3v) is 8.26. The van der Waals surface area contributed by atoms with E-state index in [1.54, 1.807) is 12.1 Å². The summed E-state index contributed by atoms with van der Waals surface area (Å²) in [6.07, 6.45) is 1.45. The second-order valence-electron chi connectivity index (χ2n) is 7.55. The Bertz CT molecular complexity index is 1220. The van der Waals surface area contributed by atoms with Crippen molar-refractivity contribution in [2.75, 3.05) is 18.4 Å². The van der Waals surface area contributed by atoms with E-state index in [-0.39, 0.29) is 34.1 Å². The van der Waals surface area contributed by atoms with Crippen LogP contribution in [0.15, 0.2) is 59.5 Å². The number of hydrogen-bond acceptors (Lipinski definition) is 7. The SMILES string of the molecule is CC(=O)c1ccc(S(=O)(=O)N2CCCC(c3nnc(C(=O)Nc4ccccc4)s3)C2)cc1. The van der Waals surface area contributed by atoms with Gasteiger partial charge in [0.05, 0.1) is 4.90 Å². The Morgan fingerprint density at radius 3 is 2.47 bits per heavy atom. The number of carbonyl (C=O) groups is 2. The molecule has 1 N–H and O–H groups in total. The number of hydrogen-bond donors (Lipinski definition) is 1. The minimum absolute atomic E-state index is 0.115. The summed E-state index contributed by atoms with van der Waals surface area (Å²) in [5, 5.41) is 11.9. The molecule has 10 heteroatoms. The van der Waals surface area contributed by atoms with Crippen LogP contribution in [0.4, 0.5) is 5.69 Å². The van der Waals surface area contributed by atoms with Gasteiger partial charge >= 0.3 is 0 Å². The lowest BCUT2D eigenvalue weighted by molar-refractivity contribution is 0.101. The topological polar surface area (TPSA) is 109 Å². The van der Waals surface area contributed by atoms with E-state index >= 15 is 0 Å². The van der Waals surface area contributed by atoms with Gasteiger partial charge in [0, 0.05) is 30.3 Å². The van der Waals surface area contributed by atoms with Crippen LogP contribution in [-0.2, 0) is 10.0 Å². The monoisotopic (exact) mass is 470 g/mol. The molecule has 2 aromatic carbocycles. The quantitative estimate of drug-likeness (QED) is 0.552. The van der Waals surface area contributed by atoms with E-state index in [0.717, 1.165) is 6.42 Å². The molecule has 1 aliphatic heterocycles. The van der Waals surface area contributed by atoms with Crippen LogP contribution >= 0.6 is 11.3 Å². The minimum Gasteiger partial charge on any atom is -0.320 e. The molecule has 0 saturated carbocycles. The van der Waals surface area contributed by atoms with E-state index < -0.39 is 10.0 Å². The summed E-state index contributed by atoms with van der Waals surface area (Å²) in [6, 6.07) is 15.1. The first kappa shape index (κ1) is 22.3. The van der Waals surface area contributed by atoms with Gasteiger partial charge in [0.1, 0.15) is 5.01 Å². The number of benzene rings is 2. The summed E-state index contributed by atoms with van der Waals surface area (Å²) in [7, 11) is -3.70. The Hall–Kier alpha value is -2.95. The zero-order valence-electron chi connectivity index (χ0n) is 17.4. The van der Waals surface area contributed by atoms with E-state index in [1.807, 2.05) is 18.2 Å². The lowest BCUT2D eigenvalue weighted by Crippen LogP contribution is -2.39. The van der Waals surface area contributed by atoms with Gasteiger partial charge in [0.25, 0.3) is 5.91 Å². The number of nitrogens with zero attached hydrogens (tertiary/aromatic N) is 3. The molecule has 1 amide bonds. The molecule has 3 aromatic rings. The van der Waals surface area contributed by atoms with Gasteiger partial charge in [-0.15, -0.1) is 10.2 Å². The van der Waals surface area contributed by atoms with Gasteiger partial charge in [0.15, 0.2) is 5.78 Å². The third kappa shape index (κ3) is 4.77. The first-order valence-corrected chi connectivity index (χ1v) is 12.4. The average Bonchev–Trinajstić information content (AvgIpc) is 3.30. The molecule has 1 unspecified atom stereocenters. The number of ketones is 1. The highest BCUT2D eigenvalue weighted by molar-refractivity contribution is 7.89. The maximum Gasteiger partial charge on any atom is 0.286 e. The molecule has 0 spiro atoms. The fraction of sp³-hybridized carbons (Fsp3) is 0.273. The fourth-order valence-corrected chi connectivity index (χ4v) is 5.96. The summed E-state index contributed by atoms with van der Waals surface area (Å²) >= 11 is 1.19. The fourth-order valence-electron chi connectivity index (χ4n) is 3.57. The summed E-state index contributed by atoms with van der Waals surface area (Å²) in [5.74, 6) is -0.591. The zero-order chi connectivity index (χ0) is 22.7. The molecule has 1 fully saturated rings. The van der Waals surface area contributed by atoms with Crippen LogP contribution in [0.3, 0.4) is 0 Å². The number of anilines is 1. The van der Waals surface area contributed by atoms with Gasteiger partial charge in [0.2, 0.25) is 15.0 Å². The lowest BCUT2D eigenvalue weighted by Gasteiger charge is -2.30. The van der Waals surface area contributed by atoms with Crippen molar-refractivity contribution in [3.05, 3.63) is 70.2 Å². The molecule has 1 aromatic heterocycles. The van der Waals surface area contributed by atoms with Crippen LogP contribution in [0.25, 0.3) is 0 Å². The molecule has 2 heterocycles. The highest BCUT2D eigenvalue weighted by Crippen LogP contribution is 2.32. The number of amides is 1. The molecule has 8 nitrogen and oxygen atoms in total. The van der Waals surface area contributed by atoms with Crippen LogP contribution in [0.2, 0.25) is 0 Å². The molecule has 1 atom stereocenters. The van der Waals surface area contributed by atoms with Gasteiger partial charge in [-0.2, -0.15) is 4.31 Å². The second-order valence-corrected chi connectivity index (χ2v) is 10.5. The van der Waals surface area contributed by atoms with Gasteiger partial charge in [-0.3, -0.25) is 9.59 Å². The molecule has 0 bridgehead atoms. The number of piperidine rings is 1. The van der Waals surface area contributed by atoms with Crippen molar-refractivity contribution in [1.29, 1.82) is 0 Å². The van der Waals surface area contributed by atoms with E-state index in [4.69, 9.17) is 0 Å². The van der Waals surface area contributed by atoms with Crippen LogP contribution in [-0.4, -0.2) is 47.7 Å². The summed E-state index contributed by atoms with van der Waals surface area (Å²) in [4.78, 5) is 24.1. The molecule has 1 saturated heterocycles. The zero-order valence-corrected chi connectivity index (χ0v) is 19.0. The summed E-state index contributed by atoms with van der Waals surface area (Å²) in [6.45, 7) is 2.12. The maximum absolute atomic E-state index is 13.1. The van der Waals surface area contributed by atoms with Crippen molar-refractivity contribution in [2.45, 2.75) is 30.6 Å². The van der Waals surface area contributed by atoms with Crippen LogP contribution in [0.1, 0.15) is 50.9 Å². The lowest BCUT2D eigenvalue weighted by atomic mass is 10.0. The molecule has 0 radical (unpaired) electrons. The normalized spacial score (nSPS) is 17.1. The van der Waals surface area contributed by atoms with Crippen molar-refractivity contribution in [3.8, 4) is 0 Å². The van der Waals surface area contributed by atoms with Crippen molar-refractivity contribution in [2.24, 2.45) is 0 Å². The minimum atomic E-state index is -3.70. The Kier molecular flexibility index (Phi) is 6.45. The Morgan fingerprint density at radius 1 is 1.06 bits per heavy atom. The molecule has 0 aliphatic carbocycles. The first-order chi connectivity index (χ1) is 15.3. The highest BCUT2D eigenvalue weighted by atomic mass is 32.2. The second kappa shape index (κ2) is 9.27. The third-order valence-electron chi connectivity index (χ3n) is 5.30. The standard InChI is InChI=1S/C22H22N4O4S2/c1-15(27)16-9-11-19(12-10-16)32(29,30)26-13-5-6-17(14-26)21-24-25-22(31-21)20(28)23-18-7-3-2-4-8-18/h2-4,7-12,17H,5-6,13-14H2,1H3,(H,23,28). The van der Waals surface area contributed by atoms with Crippen molar-refractivity contribution in [1.82, 2.24) is 14.5 Å². The van der Waals surface area contributed by atoms with Crippen molar-refractivity contribution in [3.63, 3.8) is 0 Å². The predicted molar refractivity (Wildman–Crippen MR) is 121 cm³/mol. The molecule has 4 rings (SSSR count). The summed E-state index contributed by atoms with van der Waals surface area (Å²) in [5.41, 5.74) is 1.13. The Balaban J connectivity index is 1.47. The highest BCUT2D eigenvalue weighted by Gasteiger charge is 2.33. The number of rotatable bonds is 6. The van der Waals surface area contributed by atoms with E-state index in [0.29, 0.717) is 29.2 Å². The van der Waals surface area contributed by atoms with Crippen LogP contribution < -0.4 is 5.32 Å². The Labute approximate surface area is 190 Å². The maximum atomic E-state index is 13.1. The molecule has 32 heavy (non-hydrogen) atoms. The number of para-hydroxylation sites is 1. The molecule has 166 valence electrons. The van der Waals surface area contributed by atoms with E-state index in [1.165, 1.54) is 46.8 Å². The van der Waals surface area contributed by atoms with Crippen LogP contribution in [0, 0.1) is 0 Å².